The smallest absolute Gasteiger partial charge is 0.0416 e. The molecular formula is C20H28BrN. The van der Waals surface area contributed by atoms with E-state index in [1.165, 1.54) is 22.4 Å². The van der Waals surface area contributed by atoms with Gasteiger partial charge in [0, 0.05) is 12.2 Å². The largest absolute Gasteiger partial charge is 0.380 e. The first kappa shape index (κ1) is 20.5. The quantitative estimate of drug-likeness (QED) is 0.506. The zero-order chi connectivity index (χ0) is 16.8. The van der Waals surface area contributed by atoms with Gasteiger partial charge in [0.05, 0.1) is 0 Å². The van der Waals surface area contributed by atoms with E-state index in [-0.39, 0.29) is 0 Å². The van der Waals surface area contributed by atoms with Crippen LogP contribution in [0.25, 0.3) is 12.2 Å². The van der Waals surface area contributed by atoms with E-state index in [2.05, 4.69) is 81.9 Å². The number of anilines is 1. The van der Waals surface area contributed by atoms with Gasteiger partial charge < -0.3 is 5.32 Å². The molecule has 120 valence electrons. The fraction of sp³-hybridized carbons (Fsp3) is 0.300. The molecule has 0 spiro atoms. The summed E-state index contributed by atoms with van der Waals surface area (Å²) in [6, 6.07) is 16.9. The molecule has 0 saturated carbocycles. The van der Waals surface area contributed by atoms with Crippen molar-refractivity contribution in [3.8, 4) is 0 Å². The maximum atomic E-state index is 3.47. The van der Waals surface area contributed by atoms with Gasteiger partial charge >= 0.3 is 0 Å². The number of hydrogen-bond acceptors (Lipinski definition) is 1. The second-order valence-electron chi connectivity index (χ2n) is 3.97. The van der Waals surface area contributed by atoms with Crippen molar-refractivity contribution in [1.82, 2.24) is 0 Å². The number of fused-ring (bicyclic) bond motifs is 2. The highest BCUT2D eigenvalue weighted by molar-refractivity contribution is 9.08. The maximum absolute atomic E-state index is 3.47. The van der Waals surface area contributed by atoms with E-state index in [9.17, 15) is 0 Å². The van der Waals surface area contributed by atoms with Crippen molar-refractivity contribution >= 4 is 33.8 Å². The number of halogens is 1. The predicted octanol–water partition coefficient (Wildman–Crippen LogP) is 6.85. The molecule has 2 aromatic carbocycles. The van der Waals surface area contributed by atoms with Gasteiger partial charge in [0.2, 0.25) is 0 Å². The Kier molecular flexibility index (Phi) is 12.2. The Morgan fingerprint density at radius 2 is 1.23 bits per heavy atom. The van der Waals surface area contributed by atoms with Crippen molar-refractivity contribution in [2.24, 2.45) is 0 Å². The van der Waals surface area contributed by atoms with Crippen LogP contribution in [0.5, 0.6) is 0 Å². The van der Waals surface area contributed by atoms with Crippen LogP contribution in [0.2, 0.25) is 0 Å². The highest BCUT2D eigenvalue weighted by Crippen LogP contribution is 2.23. The van der Waals surface area contributed by atoms with Gasteiger partial charge in [-0.1, -0.05) is 98.2 Å². The van der Waals surface area contributed by atoms with Crippen molar-refractivity contribution < 1.29 is 0 Å². The second-order valence-corrected chi connectivity index (χ2v) is 3.97. The molecule has 0 bridgehead atoms. The summed E-state index contributed by atoms with van der Waals surface area (Å²) in [4.78, 5) is 0. The second kappa shape index (κ2) is 13.1. The number of alkyl halides is 1. The summed E-state index contributed by atoms with van der Waals surface area (Å²) in [7, 11) is 0. The summed E-state index contributed by atoms with van der Waals surface area (Å²) in [6.45, 7) is 8.89. The van der Waals surface area contributed by atoms with Gasteiger partial charge in [0.15, 0.2) is 0 Å². The van der Waals surface area contributed by atoms with Crippen LogP contribution >= 0.6 is 15.9 Å². The fourth-order valence-corrected chi connectivity index (χ4v) is 2.03. The van der Waals surface area contributed by atoms with Gasteiger partial charge in [0.25, 0.3) is 0 Å². The normalized spacial score (nSPS) is 11.7. The van der Waals surface area contributed by atoms with Gasteiger partial charge in [0.1, 0.15) is 0 Å². The van der Waals surface area contributed by atoms with Crippen LogP contribution in [0, 0.1) is 0 Å². The molecule has 0 aromatic heterocycles. The van der Waals surface area contributed by atoms with Gasteiger partial charge in [-0.2, -0.15) is 0 Å². The molecule has 0 radical (unpaired) electrons. The number of hydrogen-bond donors (Lipinski definition) is 1. The summed E-state index contributed by atoms with van der Waals surface area (Å²) < 4.78 is 0. The van der Waals surface area contributed by atoms with Crippen molar-refractivity contribution in [2.75, 3.05) is 11.1 Å². The van der Waals surface area contributed by atoms with Gasteiger partial charge in [-0.25, -0.2) is 0 Å². The minimum atomic E-state index is 0.886. The molecule has 1 nitrogen and oxygen atoms in total. The number of rotatable bonds is 0. The SMILES string of the molecule is C1=C\c2ccccc2NCc2ccccc2/1.CBr.CC.CC. The molecule has 2 aromatic rings. The molecule has 22 heavy (non-hydrogen) atoms. The molecule has 0 aliphatic carbocycles. The summed E-state index contributed by atoms with van der Waals surface area (Å²) in [5.41, 5.74) is 5.09. The zero-order valence-corrected chi connectivity index (χ0v) is 15.9. The van der Waals surface area contributed by atoms with Crippen LogP contribution in [0.3, 0.4) is 0 Å². The molecule has 2 heteroatoms. The van der Waals surface area contributed by atoms with E-state index in [4.69, 9.17) is 0 Å². The molecule has 0 amide bonds. The summed E-state index contributed by atoms with van der Waals surface area (Å²) in [5, 5.41) is 3.47. The molecule has 1 heterocycles. The lowest BCUT2D eigenvalue weighted by atomic mass is 10.0. The Morgan fingerprint density at radius 3 is 1.91 bits per heavy atom. The van der Waals surface area contributed by atoms with E-state index in [1.807, 2.05) is 33.5 Å². The van der Waals surface area contributed by atoms with Crippen LogP contribution in [-0.2, 0) is 6.54 Å². The first-order valence-corrected chi connectivity index (χ1v) is 9.49. The Bertz CT molecular complexity index is 497. The molecule has 0 saturated heterocycles. The van der Waals surface area contributed by atoms with Crippen LogP contribution < -0.4 is 5.32 Å². The van der Waals surface area contributed by atoms with Crippen molar-refractivity contribution in [1.29, 1.82) is 0 Å². The summed E-state index contributed by atoms with van der Waals surface area (Å²) in [6.07, 6.45) is 4.36. The Balaban J connectivity index is 0.000000661. The van der Waals surface area contributed by atoms with E-state index >= 15 is 0 Å². The Morgan fingerprint density at radius 1 is 0.727 bits per heavy atom. The zero-order valence-electron chi connectivity index (χ0n) is 14.4. The third-order valence-electron chi connectivity index (χ3n) is 2.93. The highest BCUT2D eigenvalue weighted by atomic mass is 79.9. The maximum Gasteiger partial charge on any atom is 0.0416 e. The predicted molar refractivity (Wildman–Crippen MR) is 107 cm³/mol. The van der Waals surface area contributed by atoms with Crippen LogP contribution in [-0.4, -0.2) is 5.83 Å². The highest BCUT2D eigenvalue weighted by Gasteiger charge is 2.04. The molecule has 3 rings (SSSR count). The third kappa shape index (κ3) is 6.07. The lowest BCUT2D eigenvalue weighted by molar-refractivity contribution is 1.14. The number of para-hydroxylation sites is 1. The summed E-state index contributed by atoms with van der Waals surface area (Å²) >= 11 is 2.94. The van der Waals surface area contributed by atoms with E-state index in [0.29, 0.717) is 0 Å². The minimum Gasteiger partial charge on any atom is -0.380 e. The van der Waals surface area contributed by atoms with Crippen LogP contribution in [0.4, 0.5) is 5.69 Å². The van der Waals surface area contributed by atoms with E-state index in [0.717, 1.165) is 6.54 Å². The van der Waals surface area contributed by atoms with E-state index in [1.54, 1.807) is 0 Å². The number of benzene rings is 2. The Labute approximate surface area is 144 Å². The molecule has 1 aliphatic rings. The fourth-order valence-electron chi connectivity index (χ4n) is 2.03. The molecule has 1 N–H and O–H groups in total. The molecule has 0 unspecified atom stereocenters. The van der Waals surface area contributed by atoms with Crippen molar-refractivity contribution in [3.63, 3.8) is 0 Å². The molecule has 0 fully saturated rings. The average molecular weight is 362 g/mol. The Hall–Kier alpha value is -1.54. The van der Waals surface area contributed by atoms with Crippen LogP contribution in [0.1, 0.15) is 44.4 Å². The van der Waals surface area contributed by atoms with Crippen LogP contribution in [0.15, 0.2) is 48.5 Å². The lowest BCUT2D eigenvalue weighted by Crippen LogP contribution is -2.03. The summed E-state index contributed by atoms with van der Waals surface area (Å²) in [5.74, 6) is 1.81. The number of nitrogens with one attached hydrogen (secondary N) is 1. The molecule has 1 aliphatic heterocycles. The van der Waals surface area contributed by atoms with E-state index < -0.39 is 0 Å². The standard InChI is InChI=1S/C15H13N.2C2H6.CH3Br/c1-2-7-14-11-16-15-8-4-3-6-13(15)10-9-12(14)5-1;3*1-2/h1-10,16H,11H2;2*1-2H3;1H3/b10-9-;;;. The molecular weight excluding hydrogens is 334 g/mol. The monoisotopic (exact) mass is 361 g/mol. The first-order valence-electron chi connectivity index (χ1n) is 7.90. The third-order valence-corrected chi connectivity index (χ3v) is 2.93. The first-order chi connectivity index (χ1) is 10.9. The van der Waals surface area contributed by atoms with Crippen molar-refractivity contribution in [3.05, 3.63) is 65.2 Å². The van der Waals surface area contributed by atoms with Gasteiger partial charge in [-0.3, -0.25) is 0 Å². The topological polar surface area (TPSA) is 12.0 Å². The molecule has 0 atom stereocenters. The van der Waals surface area contributed by atoms with Gasteiger partial charge in [-0.05, 0) is 28.6 Å². The van der Waals surface area contributed by atoms with Crippen molar-refractivity contribution in [2.45, 2.75) is 34.2 Å². The minimum absolute atomic E-state index is 0.886. The lowest BCUT2D eigenvalue weighted by Gasteiger charge is -2.14. The van der Waals surface area contributed by atoms with Gasteiger partial charge in [-0.15, -0.1) is 0 Å². The average Bonchev–Trinajstić information content (AvgIpc) is 2.62.